The summed E-state index contributed by atoms with van der Waals surface area (Å²) >= 11 is 0. The van der Waals surface area contributed by atoms with E-state index in [1.165, 1.54) is 13.0 Å². The van der Waals surface area contributed by atoms with E-state index in [1.807, 2.05) is 0 Å². The average Bonchev–Trinajstić information content (AvgIpc) is 2.38. The molecule has 0 spiro atoms. The molecule has 0 unspecified atom stereocenters. The lowest BCUT2D eigenvalue weighted by molar-refractivity contribution is 0.464. The quantitative estimate of drug-likeness (QED) is 0.839. The fourth-order valence-electron chi connectivity index (χ4n) is 1.79. The average molecular weight is 281 g/mol. The first-order valence-electron chi connectivity index (χ1n) is 6.01. The maximum absolute atomic E-state index is 13.3. The highest BCUT2D eigenvalue weighted by Crippen LogP contribution is 2.10. The van der Waals surface area contributed by atoms with E-state index in [9.17, 15) is 18.4 Å². The third kappa shape index (κ3) is 2.26. The zero-order valence-corrected chi connectivity index (χ0v) is 11.2. The standard InChI is InChI=1S/C13H13F2N3O2/c1-7(2)18-13(20)17(12(19)8(3)16-18)9-4-5-10(14)11(15)6-9/h4-7H,1-3H3. The summed E-state index contributed by atoms with van der Waals surface area (Å²) < 4.78 is 28.1. The second-order valence-electron chi connectivity index (χ2n) is 4.65. The maximum Gasteiger partial charge on any atom is 0.352 e. The Morgan fingerprint density at radius 2 is 1.80 bits per heavy atom. The lowest BCUT2D eigenvalue weighted by Crippen LogP contribution is -2.42. The van der Waals surface area contributed by atoms with Crippen LogP contribution in [0.2, 0.25) is 0 Å². The lowest BCUT2D eigenvalue weighted by atomic mass is 10.3. The Morgan fingerprint density at radius 1 is 1.15 bits per heavy atom. The Kier molecular flexibility index (Phi) is 3.52. The Morgan fingerprint density at radius 3 is 2.35 bits per heavy atom. The maximum atomic E-state index is 13.3. The molecule has 7 heteroatoms. The molecule has 2 rings (SSSR count). The van der Waals surface area contributed by atoms with Gasteiger partial charge in [-0.05, 0) is 32.9 Å². The minimum atomic E-state index is -1.13. The second kappa shape index (κ2) is 4.99. The molecule has 0 fully saturated rings. The molecule has 0 aliphatic carbocycles. The molecule has 106 valence electrons. The molecule has 0 radical (unpaired) electrons. The molecule has 1 aromatic carbocycles. The van der Waals surface area contributed by atoms with E-state index >= 15 is 0 Å². The zero-order valence-electron chi connectivity index (χ0n) is 11.2. The van der Waals surface area contributed by atoms with Gasteiger partial charge in [-0.15, -0.1) is 0 Å². The predicted molar refractivity (Wildman–Crippen MR) is 69.1 cm³/mol. The van der Waals surface area contributed by atoms with Gasteiger partial charge in [0.05, 0.1) is 11.7 Å². The first kappa shape index (κ1) is 14.1. The van der Waals surface area contributed by atoms with Gasteiger partial charge >= 0.3 is 5.69 Å². The van der Waals surface area contributed by atoms with Crippen molar-refractivity contribution in [3.63, 3.8) is 0 Å². The fourth-order valence-corrected chi connectivity index (χ4v) is 1.79. The number of hydrogen-bond donors (Lipinski definition) is 0. The van der Waals surface area contributed by atoms with Crippen LogP contribution in [0.25, 0.3) is 5.69 Å². The largest absolute Gasteiger partial charge is 0.352 e. The van der Waals surface area contributed by atoms with Crippen LogP contribution in [0.3, 0.4) is 0 Å². The first-order valence-corrected chi connectivity index (χ1v) is 6.01. The highest BCUT2D eigenvalue weighted by molar-refractivity contribution is 5.32. The van der Waals surface area contributed by atoms with Gasteiger partial charge in [-0.2, -0.15) is 5.10 Å². The van der Waals surface area contributed by atoms with Gasteiger partial charge in [0.2, 0.25) is 0 Å². The van der Waals surface area contributed by atoms with Gasteiger partial charge in [0.15, 0.2) is 11.6 Å². The van der Waals surface area contributed by atoms with Gasteiger partial charge < -0.3 is 0 Å². The van der Waals surface area contributed by atoms with E-state index in [-0.39, 0.29) is 17.4 Å². The van der Waals surface area contributed by atoms with Crippen LogP contribution in [-0.4, -0.2) is 14.3 Å². The predicted octanol–water partition coefficient (Wildman–Crippen LogP) is 1.56. The normalized spacial score (nSPS) is 11.1. The molecular weight excluding hydrogens is 268 g/mol. The fraction of sp³-hybridized carbons (Fsp3) is 0.308. The molecule has 0 amide bonds. The van der Waals surface area contributed by atoms with Crippen LogP contribution >= 0.6 is 0 Å². The highest BCUT2D eigenvalue weighted by Gasteiger charge is 2.15. The molecule has 0 saturated carbocycles. The van der Waals surface area contributed by atoms with Crippen molar-refractivity contribution in [1.29, 1.82) is 0 Å². The summed E-state index contributed by atoms with van der Waals surface area (Å²) in [6.45, 7) is 4.92. The van der Waals surface area contributed by atoms with E-state index in [4.69, 9.17) is 0 Å². The summed E-state index contributed by atoms with van der Waals surface area (Å²) in [5.74, 6) is -2.17. The second-order valence-corrected chi connectivity index (χ2v) is 4.65. The van der Waals surface area contributed by atoms with Gasteiger partial charge in [0, 0.05) is 6.07 Å². The minimum absolute atomic E-state index is 0.0289. The van der Waals surface area contributed by atoms with Crippen molar-refractivity contribution in [2.45, 2.75) is 26.8 Å². The topological polar surface area (TPSA) is 56.9 Å². The zero-order chi connectivity index (χ0) is 15.0. The van der Waals surface area contributed by atoms with Crippen LogP contribution in [0.1, 0.15) is 25.6 Å². The molecule has 0 aliphatic heterocycles. The van der Waals surface area contributed by atoms with Crippen molar-refractivity contribution in [2.24, 2.45) is 0 Å². The Bertz CT molecular complexity index is 778. The Labute approximate surface area is 113 Å². The SMILES string of the molecule is Cc1nn(C(C)C)c(=O)n(-c2ccc(F)c(F)c2)c1=O. The molecule has 20 heavy (non-hydrogen) atoms. The third-order valence-corrected chi connectivity index (χ3v) is 2.81. The molecular formula is C13H13F2N3O2. The Hall–Kier alpha value is -2.31. The van der Waals surface area contributed by atoms with E-state index < -0.39 is 22.9 Å². The third-order valence-electron chi connectivity index (χ3n) is 2.81. The molecule has 0 bridgehead atoms. The van der Waals surface area contributed by atoms with Crippen LogP contribution in [0.15, 0.2) is 27.8 Å². The van der Waals surface area contributed by atoms with Crippen molar-refractivity contribution < 1.29 is 8.78 Å². The summed E-state index contributed by atoms with van der Waals surface area (Å²) in [5.41, 5.74) is -1.28. The molecule has 0 saturated heterocycles. The van der Waals surface area contributed by atoms with Gasteiger partial charge in [-0.3, -0.25) is 4.79 Å². The molecule has 1 aromatic heterocycles. The smallest absolute Gasteiger partial charge is 0.267 e. The van der Waals surface area contributed by atoms with Gasteiger partial charge in [0.25, 0.3) is 5.56 Å². The number of rotatable bonds is 2. The van der Waals surface area contributed by atoms with Crippen molar-refractivity contribution in [3.8, 4) is 5.69 Å². The number of aromatic nitrogens is 3. The molecule has 5 nitrogen and oxygen atoms in total. The summed E-state index contributed by atoms with van der Waals surface area (Å²) in [7, 11) is 0. The van der Waals surface area contributed by atoms with Crippen molar-refractivity contribution >= 4 is 0 Å². The van der Waals surface area contributed by atoms with Crippen LogP contribution in [0, 0.1) is 18.6 Å². The molecule has 0 aliphatic rings. The van der Waals surface area contributed by atoms with E-state index in [0.717, 1.165) is 21.4 Å². The molecule has 2 aromatic rings. The van der Waals surface area contributed by atoms with Crippen LogP contribution < -0.4 is 11.2 Å². The summed E-state index contributed by atoms with van der Waals surface area (Å²) in [6.07, 6.45) is 0. The van der Waals surface area contributed by atoms with Gasteiger partial charge in [0.1, 0.15) is 5.69 Å². The van der Waals surface area contributed by atoms with E-state index in [0.29, 0.717) is 0 Å². The minimum Gasteiger partial charge on any atom is -0.267 e. The molecule has 0 N–H and O–H groups in total. The number of halogens is 2. The van der Waals surface area contributed by atoms with Crippen molar-refractivity contribution in [2.75, 3.05) is 0 Å². The highest BCUT2D eigenvalue weighted by atomic mass is 19.2. The van der Waals surface area contributed by atoms with Crippen molar-refractivity contribution in [3.05, 3.63) is 56.4 Å². The lowest BCUT2D eigenvalue weighted by Gasteiger charge is -2.13. The molecule has 1 heterocycles. The van der Waals surface area contributed by atoms with E-state index in [2.05, 4.69) is 5.10 Å². The number of aryl methyl sites for hydroxylation is 1. The van der Waals surface area contributed by atoms with Crippen molar-refractivity contribution in [1.82, 2.24) is 14.3 Å². The number of hydrogen-bond acceptors (Lipinski definition) is 3. The first-order chi connectivity index (χ1) is 9.32. The monoisotopic (exact) mass is 281 g/mol. The van der Waals surface area contributed by atoms with Gasteiger partial charge in [-0.1, -0.05) is 0 Å². The summed E-state index contributed by atoms with van der Waals surface area (Å²) in [4.78, 5) is 24.3. The number of nitrogens with zero attached hydrogens (tertiary/aromatic N) is 3. The summed E-state index contributed by atoms with van der Waals surface area (Å²) in [5, 5.41) is 3.90. The van der Waals surface area contributed by atoms with Gasteiger partial charge in [-0.25, -0.2) is 22.8 Å². The van der Waals surface area contributed by atoms with Crippen LogP contribution in [0.4, 0.5) is 8.78 Å². The van der Waals surface area contributed by atoms with Crippen LogP contribution in [-0.2, 0) is 0 Å². The van der Waals surface area contributed by atoms with E-state index in [1.54, 1.807) is 13.8 Å². The number of benzene rings is 1. The molecule has 0 atom stereocenters. The van der Waals surface area contributed by atoms with Crippen LogP contribution in [0.5, 0.6) is 0 Å². The Balaban J connectivity index is 2.82. The summed E-state index contributed by atoms with van der Waals surface area (Å²) in [6, 6.07) is 2.58.